The summed E-state index contributed by atoms with van der Waals surface area (Å²) in [5.41, 5.74) is 5.18. The number of fused-ring (bicyclic) bond motifs is 2. The zero-order chi connectivity index (χ0) is 24.4. The molecule has 0 radical (unpaired) electrons. The van der Waals surface area contributed by atoms with Crippen LogP contribution in [0.25, 0.3) is 27.7 Å². The van der Waals surface area contributed by atoms with Gasteiger partial charge in [-0.25, -0.2) is 0 Å². The van der Waals surface area contributed by atoms with Crippen LogP contribution in [0.15, 0.2) is 71.4 Å². The number of furan rings is 1. The first-order chi connectivity index (χ1) is 17.0. The van der Waals surface area contributed by atoms with E-state index in [9.17, 15) is 4.79 Å². The Kier molecular flexibility index (Phi) is 6.38. The molecule has 1 aliphatic rings. The fraction of sp³-hybridized carbons (Fsp3) is 0.179. The summed E-state index contributed by atoms with van der Waals surface area (Å²) in [5.74, 6) is 1.86. The molecule has 0 saturated heterocycles. The number of amides is 1. The largest absolute Gasteiger partial charge is 0.493 e. The number of hydrogen-bond acceptors (Lipinski definition) is 5. The van der Waals surface area contributed by atoms with Gasteiger partial charge in [0.05, 0.1) is 12.9 Å². The van der Waals surface area contributed by atoms with E-state index in [1.165, 1.54) is 0 Å². The molecule has 0 aliphatic carbocycles. The highest BCUT2D eigenvalue weighted by molar-refractivity contribution is 6.30. The Bertz CT molecular complexity index is 1420. The van der Waals surface area contributed by atoms with Gasteiger partial charge in [-0.05, 0) is 60.9 Å². The second-order valence-electron chi connectivity index (χ2n) is 8.17. The number of benzene rings is 3. The van der Waals surface area contributed by atoms with E-state index in [2.05, 4.69) is 5.32 Å². The van der Waals surface area contributed by atoms with Crippen molar-refractivity contribution in [3.63, 3.8) is 0 Å². The quantitative estimate of drug-likeness (QED) is 0.296. The number of rotatable bonds is 7. The Balaban J connectivity index is 1.41. The average molecular weight is 490 g/mol. The maximum atomic E-state index is 12.7. The van der Waals surface area contributed by atoms with Gasteiger partial charge < -0.3 is 23.9 Å². The summed E-state index contributed by atoms with van der Waals surface area (Å²) in [6.07, 6.45) is 3.31. The summed E-state index contributed by atoms with van der Waals surface area (Å²) in [7, 11) is 0. The van der Waals surface area contributed by atoms with E-state index in [0.717, 1.165) is 33.2 Å². The maximum Gasteiger partial charge on any atom is 0.244 e. The molecule has 0 atom stereocenters. The van der Waals surface area contributed by atoms with Gasteiger partial charge in [-0.2, -0.15) is 0 Å². The Morgan fingerprint density at radius 1 is 1.09 bits per heavy atom. The third kappa shape index (κ3) is 4.84. The minimum absolute atomic E-state index is 0.201. The van der Waals surface area contributed by atoms with Crippen molar-refractivity contribution in [3.05, 3.63) is 83.1 Å². The van der Waals surface area contributed by atoms with Crippen molar-refractivity contribution < 1.29 is 23.4 Å². The molecule has 3 aromatic carbocycles. The molecule has 1 aromatic heterocycles. The lowest BCUT2D eigenvalue weighted by Crippen LogP contribution is -2.20. The Labute approximate surface area is 208 Å². The van der Waals surface area contributed by atoms with Crippen molar-refractivity contribution in [3.8, 4) is 28.4 Å². The van der Waals surface area contributed by atoms with Crippen molar-refractivity contribution in [1.29, 1.82) is 0 Å². The van der Waals surface area contributed by atoms with Crippen molar-refractivity contribution in [2.75, 3.05) is 13.4 Å². The molecular weight excluding hydrogens is 466 g/mol. The Hall–Kier alpha value is -3.90. The first kappa shape index (κ1) is 22.9. The summed E-state index contributed by atoms with van der Waals surface area (Å²) in [6, 6.07) is 17.1. The van der Waals surface area contributed by atoms with Crippen LogP contribution in [0.2, 0.25) is 5.02 Å². The number of carbonyl (C=O) groups is 1. The number of halogens is 1. The maximum absolute atomic E-state index is 12.7. The van der Waals surface area contributed by atoms with Crippen molar-refractivity contribution in [2.45, 2.75) is 20.4 Å². The summed E-state index contributed by atoms with van der Waals surface area (Å²) in [4.78, 5) is 12.7. The minimum atomic E-state index is -0.201. The van der Waals surface area contributed by atoms with Gasteiger partial charge in [-0.3, -0.25) is 4.79 Å². The lowest BCUT2D eigenvalue weighted by atomic mass is 9.99. The van der Waals surface area contributed by atoms with Gasteiger partial charge in [-0.1, -0.05) is 29.8 Å². The van der Waals surface area contributed by atoms with Gasteiger partial charge >= 0.3 is 0 Å². The van der Waals surface area contributed by atoms with Crippen LogP contribution < -0.4 is 19.5 Å². The van der Waals surface area contributed by atoms with E-state index in [1.807, 2.05) is 68.4 Å². The van der Waals surface area contributed by atoms with Crippen molar-refractivity contribution >= 4 is 34.1 Å². The number of nitrogens with one attached hydrogen (secondary N) is 1. The van der Waals surface area contributed by atoms with Crippen LogP contribution in [0.4, 0.5) is 0 Å². The van der Waals surface area contributed by atoms with E-state index >= 15 is 0 Å². The Morgan fingerprint density at radius 3 is 2.69 bits per heavy atom. The monoisotopic (exact) mass is 489 g/mol. The van der Waals surface area contributed by atoms with Crippen LogP contribution in [0.1, 0.15) is 25.0 Å². The molecule has 5 rings (SSSR count). The van der Waals surface area contributed by atoms with Crippen LogP contribution in [-0.4, -0.2) is 19.3 Å². The van der Waals surface area contributed by atoms with Crippen LogP contribution in [0.5, 0.6) is 17.2 Å². The van der Waals surface area contributed by atoms with Crippen LogP contribution in [-0.2, 0) is 11.3 Å². The van der Waals surface area contributed by atoms with Crippen molar-refractivity contribution in [2.24, 2.45) is 0 Å². The van der Waals surface area contributed by atoms with E-state index < -0.39 is 0 Å². The minimum Gasteiger partial charge on any atom is -0.493 e. The van der Waals surface area contributed by atoms with E-state index in [0.29, 0.717) is 41.0 Å². The summed E-state index contributed by atoms with van der Waals surface area (Å²) in [6.45, 7) is 4.90. The van der Waals surface area contributed by atoms with Gasteiger partial charge in [-0.15, -0.1) is 0 Å². The summed E-state index contributed by atoms with van der Waals surface area (Å²) < 4.78 is 22.4. The highest BCUT2D eigenvalue weighted by atomic mass is 35.5. The summed E-state index contributed by atoms with van der Waals surface area (Å²) >= 11 is 6.05. The van der Waals surface area contributed by atoms with E-state index in [-0.39, 0.29) is 12.7 Å². The molecule has 7 heteroatoms. The SMILES string of the molecule is CCOc1cc2occ(-c3ccc(Cl)cc3)c2cc1/C(C)=C/C(=O)NCc1ccc2c(c1)OCO2. The second kappa shape index (κ2) is 9.76. The molecular formula is C28H24ClNO5. The van der Waals surface area contributed by atoms with E-state index in [1.54, 1.807) is 12.3 Å². The predicted octanol–water partition coefficient (Wildman–Crippen LogP) is 6.60. The lowest BCUT2D eigenvalue weighted by molar-refractivity contribution is -0.116. The molecule has 0 unspecified atom stereocenters. The van der Waals surface area contributed by atoms with Gasteiger partial charge in [0, 0.05) is 40.2 Å². The zero-order valence-electron chi connectivity index (χ0n) is 19.4. The van der Waals surface area contributed by atoms with Gasteiger partial charge in [0.15, 0.2) is 11.5 Å². The number of allylic oxidation sites excluding steroid dienone is 1. The first-order valence-electron chi connectivity index (χ1n) is 11.3. The fourth-order valence-electron chi connectivity index (χ4n) is 4.06. The third-order valence-electron chi connectivity index (χ3n) is 5.81. The van der Waals surface area contributed by atoms with E-state index in [4.69, 9.17) is 30.2 Å². The van der Waals surface area contributed by atoms with Gasteiger partial charge in [0.25, 0.3) is 0 Å². The van der Waals surface area contributed by atoms with Crippen molar-refractivity contribution in [1.82, 2.24) is 5.32 Å². The van der Waals surface area contributed by atoms with Crippen LogP contribution in [0.3, 0.4) is 0 Å². The molecule has 178 valence electrons. The normalized spacial score (nSPS) is 12.7. The number of ether oxygens (including phenoxy) is 3. The predicted molar refractivity (Wildman–Crippen MR) is 136 cm³/mol. The molecule has 1 aliphatic heterocycles. The number of hydrogen-bond donors (Lipinski definition) is 1. The highest BCUT2D eigenvalue weighted by Gasteiger charge is 2.16. The van der Waals surface area contributed by atoms with Gasteiger partial charge in [0.1, 0.15) is 11.3 Å². The topological polar surface area (TPSA) is 69.9 Å². The molecule has 6 nitrogen and oxygen atoms in total. The molecule has 2 heterocycles. The summed E-state index contributed by atoms with van der Waals surface area (Å²) in [5, 5.41) is 4.54. The van der Waals surface area contributed by atoms with Crippen LogP contribution in [0, 0.1) is 0 Å². The number of carbonyl (C=O) groups excluding carboxylic acids is 1. The molecule has 4 aromatic rings. The average Bonchev–Trinajstić information content (AvgIpc) is 3.49. The Morgan fingerprint density at radius 2 is 1.89 bits per heavy atom. The molecule has 0 bridgehead atoms. The highest BCUT2D eigenvalue weighted by Crippen LogP contribution is 2.38. The van der Waals surface area contributed by atoms with Gasteiger partial charge in [0.2, 0.25) is 12.7 Å². The fourth-order valence-corrected chi connectivity index (χ4v) is 4.18. The zero-order valence-corrected chi connectivity index (χ0v) is 20.1. The molecule has 0 spiro atoms. The lowest BCUT2D eigenvalue weighted by Gasteiger charge is -2.12. The van der Waals surface area contributed by atoms with Crippen LogP contribution >= 0.6 is 11.6 Å². The standard InChI is InChI=1S/C28H24ClNO5/c1-3-32-25-13-26-22(23(15-33-26)19-5-7-20(29)8-6-19)12-21(25)17(2)10-28(31)30-14-18-4-9-24-27(11-18)35-16-34-24/h4-13,15H,3,14,16H2,1-2H3,(H,30,31)/b17-10+. The first-order valence-corrected chi connectivity index (χ1v) is 11.7. The molecule has 0 saturated carbocycles. The second-order valence-corrected chi connectivity index (χ2v) is 8.60. The molecule has 35 heavy (non-hydrogen) atoms. The molecule has 0 fully saturated rings. The third-order valence-corrected chi connectivity index (χ3v) is 6.06. The molecule has 1 N–H and O–H groups in total. The smallest absolute Gasteiger partial charge is 0.244 e. The molecule has 1 amide bonds.